The standard InChI is InChI=1S/C11H10N2O4/c14-8-3-1-2-7(6-8)11-13-12-9(17-11)4-5-10(15)16/h1-3,6,14H,4-5H2,(H,15,16). The first-order chi connectivity index (χ1) is 8.15. The number of benzene rings is 1. The zero-order chi connectivity index (χ0) is 12.3. The van der Waals surface area contributed by atoms with Gasteiger partial charge in [-0.1, -0.05) is 6.07 Å². The third-order valence-electron chi connectivity index (χ3n) is 2.11. The van der Waals surface area contributed by atoms with Crippen molar-refractivity contribution in [3.8, 4) is 17.2 Å². The lowest BCUT2D eigenvalue weighted by Gasteiger charge is -1.95. The number of nitrogens with zero attached hydrogens (tertiary/aromatic N) is 2. The van der Waals surface area contributed by atoms with Crippen LogP contribution in [0, 0.1) is 0 Å². The zero-order valence-electron chi connectivity index (χ0n) is 8.83. The van der Waals surface area contributed by atoms with Crippen LogP contribution >= 0.6 is 0 Å². The van der Waals surface area contributed by atoms with Gasteiger partial charge < -0.3 is 14.6 Å². The van der Waals surface area contributed by atoms with E-state index in [4.69, 9.17) is 9.52 Å². The molecular formula is C11H10N2O4. The summed E-state index contributed by atoms with van der Waals surface area (Å²) < 4.78 is 5.28. The summed E-state index contributed by atoms with van der Waals surface area (Å²) in [4.78, 5) is 10.4. The van der Waals surface area contributed by atoms with Crippen LogP contribution in [-0.4, -0.2) is 26.4 Å². The van der Waals surface area contributed by atoms with E-state index in [-0.39, 0.29) is 30.4 Å². The number of aliphatic carboxylic acids is 1. The second kappa shape index (κ2) is 4.65. The number of carboxylic acid groups (broad SMARTS) is 1. The van der Waals surface area contributed by atoms with Gasteiger partial charge in [0.2, 0.25) is 11.8 Å². The predicted octanol–water partition coefficient (Wildman–Crippen LogP) is 1.46. The van der Waals surface area contributed by atoms with Gasteiger partial charge in [0.25, 0.3) is 0 Å². The number of carboxylic acids is 1. The molecule has 6 heteroatoms. The number of rotatable bonds is 4. The SMILES string of the molecule is O=C(O)CCc1nnc(-c2cccc(O)c2)o1. The Bertz CT molecular complexity index is 536. The van der Waals surface area contributed by atoms with Crippen molar-refractivity contribution in [3.05, 3.63) is 30.2 Å². The molecule has 0 aliphatic carbocycles. The Kier molecular flexibility index (Phi) is 3.04. The average Bonchev–Trinajstić information content (AvgIpc) is 2.75. The molecule has 17 heavy (non-hydrogen) atoms. The summed E-state index contributed by atoms with van der Waals surface area (Å²) in [7, 11) is 0. The van der Waals surface area contributed by atoms with E-state index in [1.807, 2.05) is 0 Å². The molecule has 0 spiro atoms. The van der Waals surface area contributed by atoms with Crippen molar-refractivity contribution in [2.45, 2.75) is 12.8 Å². The Morgan fingerprint density at radius 2 is 2.18 bits per heavy atom. The van der Waals surface area contributed by atoms with E-state index in [9.17, 15) is 9.90 Å². The van der Waals surface area contributed by atoms with Gasteiger partial charge in [-0.05, 0) is 18.2 Å². The fourth-order valence-electron chi connectivity index (χ4n) is 1.32. The molecule has 6 nitrogen and oxygen atoms in total. The van der Waals surface area contributed by atoms with E-state index >= 15 is 0 Å². The quantitative estimate of drug-likeness (QED) is 0.831. The molecule has 0 atom stereocenters. The number of aromatic nitrogens is 2. The average molecular weight is 234 g/mol. The highest BCUT2D eigenvalue weighted by atomic mass is 16.4. The van der Waals surface area contributed by atoms with E-state index < -0.39 is 5.97 Å². The van der Waals surface area contributed by atoms with Crippen LogP contribution in [0.1, 0.15) is 12.3 Å². The lowest BCUT2D eigenvalue weighted by atomic mass is 10.2. The van der Waals surface area contributed by atoms with Crippen molar-refractivity contribution in [1.29, 1.82) is 0 Å². The summed E-state index contributed by atoms with van der Waals surface area (Å²) in [5.41, 5.74) is 0.596. The maximum Gasteiger partial charge on any atom is 0.303 e. The molecule has 1 aromatic carbocycles. The molecule has 2 rings (SSSR count). The summed E-state index contributed by atoms with van der Waals surface area (Å²) in [5.74, 6) is -0.276. The molecule has 0 saturated carbocycles. The normalized spacial score (nSPS) is 10.4. The van der Waals surface area contributed by atoms with E-state index in [0.29, 0.717) is 5.56 Å². The van der Waals surface area contributed by atoms with Crippen LogP contribution in [0.4, 0.5) is 0 Å². The minimum Gasteiger partial charge on any atom is -0.508 e. The maximum atomic E-state index is 10.4. The molecule has 2 N–H and O–H groups in total. The second-order valence-electron chi connectivity index (χ2n) is 3.45. The topological polar surface area (TPSA) is 96.5 Å². The van der Waals surface area contributed by atoms with Crippen LogP contribution in [0.15, 0.2) is 28.7 Å². The van der Waals surface area contributed by atoms with Gasteiger partial charge >= 0.3 is 5.97 Å². The molecule has 0 aliphatic heterocycles. The van der Waals surface area contributed by atoms with Crippen LogP contribution in [0.25, 0.3) is 11.5 Å². The molecule has 2 aromatic rings. The predicted molar refractivity (Wildman–Crippen MR) is 57.4 cm³/mol. The number of phenolic OH excluding ortho intramolecular Hbond substituents is 1. The smallest absolute Gasteiger partial charge is 0.303 e. The van der Waals surface area contributed by atoms with Gasteiger partial charge in [-0.15, -0.1) is 10.2 Å². The van der Waals surface area contributed by atoms with E-state index in [0.717, 1.165) is 0 Å². The zero-order valence-corrected chi connectivity index (χ0v) is 8.83. The Labute approximate surface area is 96.5 Å². The van der Waals surface area contributed by atoms with E-state index in [1.165, 1.54) is 12.1 Å². The molecule has 0 saturated heterocycles. The van der Waals surface area contributed by atoms with Crippen molar-refractivity contribution >= 4 is 5.97 Å². The molecule has 0 aliphatic rings. The molecular weight excluding hydrogens is 224 g/mol. The summed E-state index contributed by atoms with van der Waals surface area (Å²) in [6.45, 7) is 0. The maximum absolute atomic E-state index is 10.4. The van der Waals surface area contributed by atoms with Crippen molar-refractivity contribution in [2.24, 2.45) is 0 Å². The molecule has 1 heterocycles. The van der Waals surface area contributed by atoms with Crippen LogP contribution in [0.3, 0.4) is 0 Å². The summed E-state index contributed by atoms with van der Waals surface area (Å²) >= 11 is 0. The number of aryl methyl sites for hydroxylation is 1. The monoisotopic (exact) mass is 234 g/mol. The first-order valence-electron chi connectivity index (χ1n) is 4.99. The van der Waals surface area contributed by atoms with Gasteiger partial charge in [-0.2, -0.15) is 0 Å². The lowest BCUT2D eigenvalue weighted by molar-refractivity contribution is -0.137. The van der Waals surface area contributed by atoms with Crippen molar-refractivity contribution < 1.29 is 19.4 Å². The summed E-state index contributed by atoms with van der Waals surface area (Å²) in [5, 5.41) is 25.3. The van der Waals surface area contributed by atoms with Gasteiger partial charge in [-0.3, -0.25) is 4.79 Å². The molecule has 88 valence electrons. The Morgan fingerprint density at radius 1 is 1.35 bits per heavy atom. The summed E-state index contributed by atoms with van der Waals surface area (Å²) in [6, 6.07) is 6.40. The minimum absolute atomic E-state index is 0.0539. The third-order valence-corrected chi connectivity index (χ3v) is 2.11. The minimum atomic E-state index is -0.915. The number of aromatic hydroxyl groups is 1. The number of hydrogen-bond acceptors (Lipinski definition) is 5. The van der Waals surface area contributed by atoms with Crippen molar-refractivity contribution in [3.63, 3.8) is 0 Å². The number of carbonyl (C=O) groups is 1. The third kappa shape index (κ3) is 2.81. The van der Waals surface area contributed by atoms with Crippen molar-refractivity contribution in [2.75, 3.05) is 0 Å². The Morgan fingerprint density at radius 3 is 2.88 bits per heavy atom. The largest absolute Gasteiger partial charge is 0.508 e. The second-order valence-corrected chi connectivity index (χ2v) is 3.45. The van der Waals surface area contributed by atoms with Gasteiger partial charge in [-0.25, -0.2) is 0 Å². The highest BCUT2D eigenvalue weighted by molar-refractivity contribution is 5.66. The summed E-state index contributed by atoms with van der Waals surface area (Å²) in [6.07, 6.45) is 0.142. The molecule has 0 unspecified atom stereocenters. The van der Waals surface area contributed by atoms with Crippen LogP contribution in [0.2, 0.25) is 0 Å². The molecule has 0 bridgehead atoms. The van der Waals surface area contributed by atoms with Gasteiger partial charge in [0.15, 0.2) is 0 Å². The Hall–Kier alpha value is -2.37. The fraction of sp³-hybridized carbons (Fsp3) is 0.182. The van der Waals surface area contributed by atoms with E-state index in [1.54, 1.807) is 12.1 Å². The number of hydrogen-bond donors (Lipinski definition) is 2. The Balaban J connectivity index is 2.15. The first-order valence-corrected chi connectivity index (χ1v) is 4.99. The highest BCUT2D eigenvalue weighted by Gasteiger charge is 2.10. The lowest BCUT2D eigenvalue weighted by Crippen LogP contribution is -1.97. The van der Waals surface area contributed by atoms with Crippen LogP contribution in [0.5, 0.6) is 5.75 Å². The van der Waals surface area contributed by atoms with Gasteiger partial charge in [0, 0.05) is 12.0 Å². The molecule has 0 fully saturated rings. The highest BCUT2D eigenvalue weighted by Crippen LogP contribution is 2.22. The molecule has 1 aromatic heterocycles. The van der Waals surface area contributed by atoms with Gasteiger partial charge in [0.1, 0.15) is 5.75 Å². The molecule has 0 radical (unpaired) electrons. The van der Waals surface area contributed by atoms with Gasteiger partial charge in [0.05, 0.1) is 6.42 Å². The first kappa shape index (κ1) is 11.1. The van der Waals surface area contributed by atoms with Crippen LogP contribution < -0.4 is 0 Å². The van der Waals surface area contributed by atoms with Crippen LogP contribution in [-0.2, 0) is 11.2 Å². The van der Waals surface area contributed by atoms with Crippen molar-refractivity contribution in [1.82, 2.24) is 10.2 Å². The fourth-order valence-corrected chi connectivity index (χ4v) is 1.32. The van der Waals surface area contributed by atoms with E-state index in [2.05, 4.69) is 10.2 Å². The number of phenols is 1. The molecule has 0 amide bonds.